The molecule has 0 spiro atoms. The first kappa shape index (κ1) is 47.7. The van der Waals surface area contributed by atoms with Gasteiger partial charge in [0, 0.05) is 6.54 Å². The first-order valence-corrected chi connectivity index (χ1v) is 21.2. The summed E-state index contributed by atoms with van der Waals surface area (Å²) < 4.78 is 22.0. The van der Waals surface area contributed by atoms with E-state index in [0.717, 1.165) is 44.9 Å². The van der Waals surface area contributed by atoms with E-state index in [4.69, 9.17) is 14.8 Å². The van der Waals surface area contributed by atoms with Gasteiger partial charge in [-0.1, -0.05) is 159 Å². The van der Waals surface area contributed by atoms with Gasteiger partial charge in [0.2, 0.25) is 5.91 Å². The van der Waals surface area contributed by atoms with Crippen molar-refractivity contribution in [1.29, 1.82) is 0 Å². The van der Waals surface area contributed by atoms with Crippen molar-refractivity contribution < 1.29 is 33.5 Å². The number of carbonyl (C=O) groups is 1. The maximum absolute atomic E-state index is 12.7. The van der Waals surface area contributed by atoms with Crippen LogP contribution in [-0.4, -0.2) is 59.0 Å². The van der Waals surface area contributed by atoms with Gasteiger partial charge in [-0.05, 0) is 38.5 Å². The number of hydrogen-bond donors (Lipinski definition) is 5. The molecule has 0 saturated carbocycles. The quantitative estimate of drug-likeness (QED) is 0.0245. The van der Waals surface area contributed by atoms with Crippen molar-refractivity contribution in [3.8, 4) is 0 Å². The summed E-state index contributed by atoms with van der Waals surface area (Å²) >= 11 is 0. The lowest BCUT2D eigenvalue weighted by Gasteiger charge is -2.24. The molecule has 0 aromatic carbocycles. The maximum Gasteiger partial charge on any atom is 0.472 e. The van der Waals surface area contributed by atoms with E-state index >= 15 is 0 Å². The minimum absolute atomic E-state index is 0.0424. The van der Waals surface area contributed by atoms with Crippen molar-refractivity contribution in [2.75, 3.05) is 19.8 Å². The van der Waals surface area contributed by atoms with E-state index in [9.17, 15) is 24.5 Å². The fourth-order valence-corrected chi connectivity index (χ4v) is 6.25. The highest BCUT2D eigenvalue weighted by atomic mass is 31.2. The van der Waals surface area contributed by atoms with Crippen LogP contribution in [0.1, 0.15) is 168 Å². The molecule has 4 atom stereocenters. The number of aliphatic hydroxyl groups is 2. The molecule has 1 amide bonds. The number of nitrogens with two attached hydrogens (primary N) is 1. The number of phosphoric ester groups is 1. The number of aliphatic hydroxyl groups excluding tert-OH is 2. The summed E-state index contributed by atoms with van der Waals surface area (Å²) in [7, 11) is -4.40. The third kappa shape index (κ3) is 33.6. The van der Waals surface area contributed by atoms with Crippen LogP contribution in [0.5, 0.6) is 0 Å². The summed E-state index contributed by atoms with van der Waals surface area (Å²) in [4.78, 5) is 22.6. The molecule has 288 valence electrons. The second-order valence-corrected chi connectivity index (χ2v) is 14.8. The second kappa shape index (κ2) is 35.1. The lowest BCUT2D eigenvalue weighted by molar-refractivity contribution is -0.124. The highest BCUT2D eigenvalue weighted by Crippen LogP contribution is 2.43. The third-order valence-electron chi connectivity index (χ3n) is 8.50. The number of allylic oxidation sites excluding steroid dienone is 5. The van der Waals surface area contributed by atoms with Crippen molar-refractivity contribution in [3.05, 3.63) is 36.5 Å². The highest BCUT2D eigenvalue weighted by Gasteiger charge is 2.27. The average molecular weight is 715 g/mol. The maximum atomic E-state index is 12.7. The van der Waals surface area contributed by atoms with E-state index in [0.29, 0.717) is 12.8 Å². The van der Waals surface area contributed by atoms with Crippen LogP contribution in [0.2, 0.25) is 0 Å². The van der Waals surface area contributed by atoms with Crippen LogP contribution in [0.15, 0.2) is 36.5 Å². The van der Waals surface area contributed by atoms with Crippen LogP contribution >= 0.6 is 7.82 Å². The molecule has 0 fully saturated rings. The van der Waals surface area contributed by atoms with E-state index in [-0.39, 0.29) is 19.6 Å². The molecule has 0 aliphatic carbocycles. The molecule has 0 saturated heterocycles. The van der Waals surface area contributed by atoms with E-state index in [1.807, 2.05) is 6.08 Å². The summed E-state index contributed by atoms with van der Waals surface area (Å²) in [5, 5.41) is 23.9. The van der Waals surface area contributed by atoms with Crippen molar-refractivity contribution in [1.82, 2.24) is 5.32 Å². The molecule has 6 N–H and O–H groups in total. The van der Waals surface area contributed by atoms with Gasteiger partial charge < -0.3 is 26.2 Å². The van der Waals surface area contributed by atoms with Crippen LogP contribution in [0.25, 0.3) is 0 Å². The largest absolute Gasteiger partial charge is 0.472 e. The molecule has 9 nitrogen and oxygen atoms in total. The Bertz CT molecular complexity index is 883. The predicted molar refractivity (Wildman–Crippen MR) is 204 cm³/mol. The van der Waals surface area contributed by atoms with Crippen LogP contribution in [0, 0.1) is 0 Å². The lowest BCUT2D eigenvalue weighted by atomic mass is 10.0. The van der Waals surface area contributed by atoms with Crippen LogP contribution < -0.4 is 11.1 Å². The molecule has 0 heterocycles. The Morgan fingerprint density at radius 3 is 1.67 bits per heavy atom. The average Bonchev–Trinajstić information content (AvgIpc) is 3.07. The Hall–Kier alpha value is -1.32. The minimum atomic E-state index is -4.40. The topological polar surface area (TPSA) is 151 Å². The van der Waals surface area contributed by atoms with Crippen molar-refractivity contribution in [2.45, 2.75) is 186 Å². The molecule has 0 aliphatic heterocycles. The molecule has 0 aliphatic rings. The Balaban J connectivity index is 4.42. The summed E-state index contributed by atoms with van der Waals surface area (Å²) in [6.45, 7) is 3.88. The minimum Gasteiger partial charge on any atom is -0.393 e. The van der Waals surface area contributed by atoms with Crippen LogP contribution in [0.4, 0.5) is 0 Å². The Morgan fingerprint density at radius 2 is 1.16 bits per heavy atom. The lowest BCUT2D eigenvalue weighted by Crippen LogP contribution is -2.46. The molecule has 0 aromatic rings. The predicted octanol–water partition coefficient (Wildman–Crippen LogP) is 9.36. The zero-order valence-corrected chi connectivity index (χ0v) is 32.2. The van der Waals surface area contributed by atoms with Crippen molar-refractivity contribution >= 4 is 13.7 Å². The summed E-state index contributed by atoms with van der Waals surface area (Å²) in [5.41, 5.74) is 5.34. The Morgan fingerprint density at radius 1 is 0.694 bits per heavy atom. The number of nitrogens with one attached hydrogen (secondary N) is 1. The van der Waals surface area contributed by atoms with Gasteiger partial charge in [0.05, 0.1) is 37.9 Å². The second-order valence-electron chi connectivity index (χ2n) is 13.3. The van der Waals surface area contributed by atoms with Crippen LogP contribution in [0.3, 0.4) is 0 Å². The van der Waals surface area contributed by atoms with Gasteiger partial charge in [-0.2, -0.15) is 0 Å². The van der Waals surface area contributed by atoms with Gasteiger partial charge in [0.15, 0.2) is 0 Å². The summed E-state index contributed by atoms with van der Waals surface area (Å²) in [6.07, 6.45) is 36.6. The number of hydrogen-bond acceptors (Lipinski definition) is 7. The van der Waals surface area contributed by atoms with E-state index < -0.39 is 38.6 Å². The summed E-state index contributed by atoms with van der Waals surface area (Å²) in [6, 6.07) is -1.00. The molecular formula is C39H75N2O7P. The van der Waals surface area contributed by atoms with Gasteiger partial charge >= 0.3 is 7.82 Å². The number of rotatable bonds is 36. The zero-order valence-electron chi connectivity index (χ0n) is 31.3. The van der Waals surface area contributed by atoms with E-state index in [2.05, 4.69) is 43.5 Å². The number of carbonyl (C=O) groups excluding carboxylic acids is 1. The Kier molecular flexibility index (Phi) is 34.2. The third-order valence-corrected chi connectivity index (χ3v) is 9.49. The van der Waals surface area contributed by atoms with Gasteiger partial charge in [-0.15, -0.1) is 0 Å². The van der Waals surface area contributed by atoms with Crippen LogP contribution in [-0.2, 0) is 18.4 Å². The zero-order chi connectivity index (χ0) is 36.3. The monoisotopic (exact) mass is 715 g/mol. The molecule has 10 heteroatoms. The van der Waals surface area contributed by atoms with Crippen molar-refractivity contribution in [2.24, 2.45) is 5.73 Å². The van der Waals surface area contributed by atoms with Gasteiger partial charge in [0.25, 0.3) is 0 Å². The normalized spacial score (nSPS) is 15.3. The number of phosphoric acid groups is 1. The SMILES string of the molecule is CCCC/C=C/CC/C=C/CC/C=C/C(O)C(COP(=O)(O)OCCN)NC(=O)CC(O)CCCCCCCCCCCCCCCCC. The van der Waals surface area contributed by atoms with Gasteiger partial charge in [-0.3, -0.25) is 13.8 Å². The molecule has 0 bridgehead atoms. The first-order valence-electron chi connectivity index (χ1n) is 19.7. The van der Waals surface area contributed by atoms with Crippen molar-refractivity contribution in [3.63, 3.8) is 0 Å². The molecule has 49 heavy (non-hydrogen) atoms. The fraction of sp³-hybridized carbons (Fsp3) is 0.821. The number of amides is 1. The molecular weight excluding hydrogens is 639 g/mol. The van der Waals surface area contributed by atoms with Gasteiger partial charge in [-0.25, -0.2) is 4.57 Å². The van der Waals surface area contributed by atoms with E-state index in [1.54, 1.807) is 6.08 Å². The standard InChI is InChI=1S/C39H75N2O7P/c1-3-5-7-9-11-13-15-17-18-19-20-22-24-26-28-30-36(42)34-39(44)41-37(35-48-49(45,46)47-33-32-40)38(43)31-29-27-25-23-21-16-14-12-10-8-6-4-2/h10,12,21,23,29,31,36-38,42-43H,3-9,11,13-20,22,24-28,30,32-35,40H2,1-2H3,(H,41,44)(H,45,46)/b12-10+,23-21+,31-29+. The highest BCUT2D eigenvalue weighted by molar-refractivity contribution is 7.47. The number of unbranched alkanes of at least 4 members (excludes halogenated alkanes) is 18. The smallest absolute Gasteiger partial charge is 0.393 e. The fourth-order valence-electron chi connectivity index (χ4n) is 5.49. The molecule has 4 unspecified atom stereocenters. The first-order chi connectivity index (χ1) is 23.8. The molecule has 0 radical (unpaired) electrons. The van der Waals surface area contributed by atoms with E-state index in [1.165, 1.54) is 89.9 Å². The van der Waals surface area contributed by atoms with Gasteiger partial charge in [0.1, 0.15) is 0 Å². The molecule has 0 rings (SSSR count). The Labute approximate surface area is 300 Å². The summed E-state index contributed by atoms with van der Waals surface area (Å²) in [5.74, 6) is -0.461. The molecule has 0 aromatic heterocycles.